The largest absolute Gasteiger partial charge is 0.260 e. The molecule has 0 atom stereocenters. The van der Waals surface area contributed by atoms with E-state index in [2.05, 4.69) is 18.0 Å². The number of nitrogens with zero attached hydrogens (tertiary/aromatic N) is 1. The van der Waals surface area contributed by atoms with Gasteiger partial charge >= 0.3 is 0 Å². The molecule has 1 heterocycles. The molecular weight excluding hydrogens is 274 g/mol. The smallest absolute Gasteiger partial charge is 0.0417 e. The lowest BCUT2D eigenvalue weighted by Gasteiger charge is -2.20. The van der Waals surface area contributed by atoms with Crippen molar-refractivity contribution in [3.05, 3.63) is 52.3 Å². The van der Waals surface area contributed by atoms with Gasteiger partial charge in [0.25, 0.3) is 0 Å². The summed E-state index contributed by atoms with van der Waals surface area (Å²) in [6, 6.07) is 8.03. The zero-order valence-electron chi connectivity index (χ0n) is 10.9. The van der Waals surface area contributed by atoms with Crippen LogP contribution in [-0.4, -0.2) is 4.98 Å². The van der Waals surface area contributed by atoms with Gasteiger partial charge in [-0.1, -0.05) is 29.4 Å². The molecule has 1 aliphatic carbocycles. The van der Waals surface area contributed by atoms with E-state index in [1.54, 1.807) is 11.8 Å². The Hall–Kier alpha value is -0.990. The van der Waals surface area contributed by atoms with Crippen molar-refractivity contribution in [2.24, 2.45) is 0 Å². The fourth-order valence-electron chi connectivity index (χ4n) is 2.63. The van der Waals surface area contributed by atoms with Gasteiger partial charge in [-0.2, -0.15) is 0 Å². The van der Waals surface area contributed by atoms with Gasteiger partial charge in [-0.05, 0) is 61.9 Å². The summed E-state index contributed by atoms with van der Waals surface area (Å²) in [4.78, 5) is 7.04. The first kappa shape index (κ1) is 13.0. The lowest BCUT2D eigenvalue weighted by Crippen LogP contribution is -2.07. The molecule has 1 aromatic carbocycles. The highest BCUT2D eigenvalue weighted by Gasteiger charge is 2.16. The summed E-state index contributed by atoms with van der Waals surface area (Å²) < 4.78 is 0. The molecule has 0 saturated heterocycles. The van der Waals surface area contributed by atoms with Crippen LogP contribution in [0.2, 0.25) is 5.02 Å². The van der Waals surface area contributed by atoms with Crippen molar-refractivity contribution in [2.75, 3.05) is 0 Å². The van der Waals surface area contributed by atoms with Crippen molar-refractivity contribution >= 4 is 23.4 Å². The summed E-state index contributed by atoms with van der Waals surface area (Å²) in [6.45, 7) is 2.12. The molecule has 3 rings (SSSR count). The summed E-state index contributed by atoms with van der Waals surface area (Å²) >= 11 is 7.83. The van der Waals surface area contributed by atoms with E-state index in [4.69, 9.17) is 11.6 Å². The second-order valence-corrected chi connectivity index (χ2v) is 6.48. The Balaban J connectivity index is 1.97. The third kappa shape index (κ3) is 2.80. The van der Waals surface area contributed by atoms with E-state index >= 15 is 0 Å². The standard InChI is InChI=1S/C16H16ClNS/c1-11-14-7-2-3-8-15(14)16(10-18-11)19-13-6-4-5-12(17)9-13/h4-6,9-10H,2-3,7-8H2,1H3. The first-order valence-corrected chi connectivity index (χ1v) is 7.84. The fraction of sp³-hybridized carbons (Fsp3) is 0.312. The van der Waals surface area contributed by atoms with E-state index < -0.39 is 0 Å². The Morgan fingerprint density at radius 1 is 1.16 bits per heavy atom. The molecule has 0 N–H and O–H groups in total. The van der Waals surface area contributed by atoms with E-state index in [0.717, 1.165) is 5.02 Å². The van der Waals surface area contributed by atoms with E-state index in [-0.39, 0.29) is 0 Å². The number of pyridine rings is 1. The zero-order chi connectivity index (χ0) is 13.2. The minimum Gasteiger partial charge on any atom is -0.260 e. The third-order valence-electron chi connectivity index (χ3n) is 3.60. The zero-order valence-corrected chi connectivity index (χ0v) is 12.5. The van der Waals surface area contributed by atoms with Crippen LogP contribution in [0.1, 0.15) is 29.7 Å². The molecule has 98 valence electrons. The molecular formula is C16H16ClNS. The van der Waals surface area contributed by atoms with Crippen LogP contribution in [0, 0.1) is 6.92 Å². The van der Waals surface area contributed by atoms with E-state index in [1.807, 2.05) is 24.4 Å². The van der Waals surface area contributed by atoms with Crippen LogP contribution in [-0.2, 0) is 12.8 Å². The Morgan fingerprint density at radius 2 is 1.95 bits per heavy atom. The van der Waals surface area contributed by atoms with Crippen molar-refractivity contribution in [2.45, 2.75) is 42.4 Å². The van der Waals surface area contributed by atoms with Gasteiger partial charge in [-0.3, -0.25) is 4.98 Å². The monoisotopic (exact) mass is 289 g/mol. The van der Waals surface area contributed by atoms with Crippen LogP contribution >= 0.6 is 23.4 Å². The molecule has 1 aromatic heterocycles. The maximum atomic E-state index is 6.05. The molecule has 1 nitrogen and oxygen atoms in total. The molecule has 19 heavy (non-hydrogen) atoms. The van der Waals surface area contributed by atoms with Crippen LogP contribution in [0.4, 0.5) is 0 Å². The minimum atomic E-state index is 0.791. The first-order valence-electron chi connectivity index (χ1n) is 6.65. The number of halogens is 1. The molecule has 0 amide bonds. The number of aromatic nitrogens is 1. The topological polar surface area (TPSA) is 12.9 Å². The molecule has 0 spiro atoms. The van der Waals surface area contributed by atoms with Gasteiger partial charge in [0.15, 0.2) is 0 Å². The summed E-state index contributed by atoms with van der Waals surface area (Å²) in [5.74, 6) is 0. The van der Waals surface area contributed by atoms with Gasteiger partial charge in [-0.25, -0.2) is 0 Å². The summed E-state index contributed by atoms with van der Waals surface area (Å²) in [6.07, 6.45) is 6.96. The molecule has 0 aliphatic heterocycles. The van der Waals surface area contributed by atoms with Gasteiger partial charge in [-0.15, -0.1) is 0 Å². The highest BCUT2D eigenvalue weighted by atomic mass is 35.5. The lowest BCUT2D eigenvalue weighted by atomic mass is 9.91. The Kier molecular flexibility index (Phi) is 3.81. The quantitative estimate of drug-likeness (QED) is 0.765. The number of hydrogen-bond donors (Lipinski definition) is 0. The maximum Gasteiger partial charge on any atom is 0.0417 e. The highest BCUT2D eigenvalue weighted by molar-refractivity contribution is 7.99. The van der Waals surface area contributed by atoms with Gasteiger partial charge in [0.05, 0.1) is 0 Å². The molecule has 0 bridgehead atoms. The van der Waals surface area contributed by atoms with E-state index in [1.165, 1.54) is 52.3 Å². The van der Waals surface area contributed by atoms with Crippen molar-refractivity contribution in [3.8, 4) is 0 Å². The number of fused-ring (bicyclic) bond motifs is 1. The summed E-state index contributed by atoms with van der Waals surface area (Å²) in [5.41, 5.74) is 4.17. The number of benzene rings is 1. The van der Waals surface area contributed by atoms with Crippen LogP contribution in [0.25, 0.3) is 0 Å². The van der Waals surface area contributed by atoms with Crippen LogP contribution in [0.3, 0.4) is 0 Å². The molecule has 0 saturated carbocycles. The second kappa shape index (κ2) is 5.56. The normalized spacial score (nSPS) is 14.2. The molecule has 3 heteroatoms. The number of aryl methyl sites for hydroxylation is 1. The predicted molar refractivity (Wildman–Crippen MR) is 81.2 cm³/mol. The SMILES string of the molecule is Cc1ncc(Sc2cccc(Cl)c2)c2c1CCCC2. The van der Waals surface area contributed by atoms with Crippen molar-refractivity contribution < 1.29 is 0 Å². The van der Waals surface area contributed by atoms with Crippen molar-refractivity contribution in [3.63, 3.8) is 0 Å². The second-order valence-electron chi connectivity index (χ2n) is 4.93. The lowest BCUT2D eigenvalue weighted by molar-refractivity contribution is 0.665. The first-order chi connectivity index (χ1) is 9.24. The molecule has 2 aromatic rings. The van der Waals surface area contributed by atoms with E-state index in [9.17, 15) is 0 Å². The van der Waals surface area contributed by atoms with Crippen LogP contribution < -0.4 is 0 Å². The Bertz CT molecular complexity index is 610. The van der Waals surface area contributed by atoms with Gasteiger partial charge in [0.2, 0.25) is 0 Å². The van der Waals surface area contributed by atoms with Crippen LogP contribution in [0.15, 0.2) is 40.3 Å². The van der Waals surface area contributed by atoms with Gasteiger partial charge in [0, 0.05) is 26.7 Å². The average Bonchev–Trinajstić information content (AvgIpc) is 2.42. The Labute approximate surface area is 123 Å². The fourth-order valence-corrected chi connectivity index (χ4v) is 3.93. The average molecular weight is 290 g/mol. The molecule has 0 radical (unpaired) electrons. The minimum absolute atomic E-state index is 0.791. The Morgan fingerprint density at radius 3 is 2.74 bits per heavy atom. The van der Waals surface area contributed by atoms with E-state index in [0.29, 0.717) is 0 Å². The summed E-state index contributed by atoms with van der Waals surface area (Å²) in [7, 11) is 0. The van der Waals surface area contributed by atoms with Gasteiger partial charge in [0.1, 0.15) is 0 Å². The number of rotatable bonds is 2. The number of hydrogen-bond acceptors (Lipinski definition) is 2. The van der Waals surface area contributed by atoms with Gasteiger partial charge < -0.3 is 0 Å². The molecule has 1 aliphatic rings. The molecule has 0 fully saturated rings. The maximum absolute atomic E-state index is 6.05. The highest BCUT2D eigenvalue weighted by Crippen LogP contribution is 2.36. The third-order valence-corrected chi connectivity index (χ3v) is 4.90. The van der Waals surface area contributed by atoms with Crippen molar-refractivity contribution in [1.29, 1.82) is 0 Å². The van der Waals surface area contributed by atoms with Crippen molar-refractivity contribution in [1.82, 2.24) is 4.98 Å². The molecule has 0 unspecified atom stereocenters. The van der Waals surface area contributed by atoms with Crippen LogP contribution in [0.5, 0.6) is 0 Å². The predicted octanol–water partition coefficient (Wildman–Crippen LogP) is 5.07. The summed E-state index contributed by atoms with van der Waals surface area (Å²) in [5, 5.41) is 0.791.